The van der Waals surface area contributed by atoms with E-state index >= 15 is 0 Å². The van der Waals surface area contributed by atoms with Gasteiger partial charge in [-0.1, -0.05) is 12.1 Å². The minimum absolute atomic E-state index is 0.0463. The Morgan fingerprint density at radius 1 is 0.656 bits per heavy atom. The Morgan fingerprint density at radius 2 is 1.07 bits per heavy atom. The lowest BCUT2D eigenvalue weighted by molar-refractivity contribution is -0.0510. The molecule has 2 spiro atoms. The number of alkyl halides is 2. The molecule has 4 saturated heterocycles. The number of nitrogens with zero attached hydrogens (tertiary/aromatic N) is 4. The highest BCUT2D eigenvalue weighted by Gasteiger charge is 2.53. The zero-order chi connectivity index (χ0) is 43.9. The molecule has 0 radical (unpaired) electrons. The van der Waals surface area contributed by atoms with Crippen molar-refractivity contribution in [2.24, 2.45) is 10.8 Å². The van der Waals surface area contributed by atoms with Crippen LogP contribution in [0.3, 0.4) is 0 Å². The highest BCUT2D eigenvalue weighted by atomic mass is 19.3. The van der Waals surface area contributed by atoms with Crippen molar-refractivity contribution in [2.45, 2.75) is 147 Å². The molecule has 0 bridgehead atoms. The summed E-state index contributed by atoms with van der Waals surface area (Å²) in [4.78, 5) is 33.2. The van der Waals surface area contributed by atoms with Gasteiger partial charge in [-0.2, -0.15) is 8.78 Å². The average molecular weight is 859 g/mol. The number of carbonyl (C=O) groups is 2. The van der Waals surface area contributed by atoms with Gasteiger partial charge in [0, 0.05) is 61.2 Å². The molecule has 1 N–H and O–H groups in total. The lowest BCUT2D eigenvalue weighted by atomic mass is 9.78. The van der Waals surface area contributed by atoms with Crippen LogP contribution in [0.2, 0.25) is 0 Å². The minimum atomic E-state index is -2.96. The van der Waals surface area contributed by atoms with Crippen LogP contribution in [-0.2, 0) is 9.47 Å². The summed E-state index contributed by atoms with van der Waals surface area (Å²) in [6.07, 6.45) is 10.1. The maximum absolute atomic E-state index is 13.5. The molecule has 6 fully saturated rings. The van der Waals surface area contributed by atoms with Gasteiger partial charge in [-0.3, -0.25) is 0 Å². The molecule has 2 amide bonds. The molecule has 0 unspecified atom stereocenters. The zero-order valence-electron chi connectivity index (χ0n) is 36.9. The summed E-state index contributed by atoms with van der Waals surface area (Å²) < 4.78 is 67.8. The fourth-order valence-corrected chi connectivity index (χ4v) is 11.0. The molecule has 14 heteroatoms. The molecule has 2 atom stereocenters. The molecule has 4 heterocycles. The summed E-state index contributed by atoms with van der Waals surface area (Å²) in [5.41, 5.74) is 1.10. The number of phenolic OH excluding ortho intramolecular Hbond substituents is 1. The zero-order valence-corrected chi connectivity index (χ0v) is 36.9. The normalized spacial score (nSPS) is 24.6. The number of carbonyl (C=O) groups excluding carboxylic acids is 2. The van der Waals surface area contributed by atoms with Gasteiger partial charge < -0.3 is 38.9 Å². The second-order valence-corrected chi connectivity index (χ2v) is 20.9. The number of benzene rings is 2. The molecule has 4 aliphatic heterocycles. The first-order chi connectivity index (χ1) is 28.7. The molecular formula is C47H66F4N4O6. The lowest BCUT2D eigenvalue weighted by Crippen LogP contribution is -2.58. The number of piperidine rings is 2. The fraction of sp³-hybridized carbons (Fsp3) is 0.702. The maximum atomic E-state index is 13.5. The molecular weight excluding hydrogens is 793 g/mol. The first-order valence-corrected chi connectivity index (χ1v) is 22.3. The van der Waals surface area contributed by atoms with Crippen LogP contribution in [0.1, 0.15) is 129 Å². The van der Waals surface area contributed by atoms with Gasteiger partial charge in [0.25, 0.3) is 0 Å². The standard InChI is InChI=1S/C24H33F3N2O3.C23H33FN2O3/c1-23(2,3)32-22(30)29-14-24(15-29)9-6-18(13-24)28-10-7-16(8-11-28)19-5-4-17(25)12-20(19)31-21(26)27;1-22(2,3)29-21(28)26-14-23(15-26)9-6-18(13-23)25-10-7-16(8-11-25)19-5-4-17(24)12-20(19)27/h4-5,12,16,18,21H,6-11,13-15H2,1-3H3;4-5,12,16,18,27H,6-11,13-15H2,1-3H3/t2*18-/m11/s1. The second-order valence-electron chi connectivity index (χ2n) is 20.9. The van der Waals surface area contributed by atoms with Crippen LogP contribution < -0.4 is 4.74 Å². The molecule has 2 aliphatic carbocycles. The predicted octanol–water partition coefficient (Wildman–Crippen LogP) is 9.90. The number of halogens is 4. The number of aromatic hydroxyl groups is 1. The van der Waals surface area contributed by atoms with Crippen molar-refractivity contribution in [3.8, 4) is 11.5 Å². The van der Waals surface area contributed by atoms with Crippen LogP contribution >= 0.6 is 0 Å². The second kappa shape index (κ2) is 17.8. The molecule has 6 aliphatic rings. The van der Waals surface area contributed by atoms with E-state index in [0.717, 1.165) is 115 Å². The first-order valence-electron chi connectivity index (χ1n) is 22.3. The average Bonchev–Trinajstić information content (AvgIpc) is 3.80. The van der Waals surface area contributed by atoms with E-state index in [4.69, 9.17) is 9.47 Å². The van der Waals surface area contributed by atoms with E-state index in [2.05, 4.69) is 14.5 Å². The van der Waals surface area contributed by atoms with Gasteiger partial charge in [0.2, 0.25) is 0 Å². The Kier molecular flexibility index (Phi) is 13.2. The van der Waals surface area contributed by atoms with Crippen molar-refractivity contribution in [2.75, 3.05) is 52.4 Å². The number of phenols is 1. The number of amides is 2. The highest BCUT2D eigenvalue weighted by molar-refractivity contribution is 5.70. The van der Waals surface area contributed by atoms with Crippen LogP contribution in [0.15, 0.2) is 36.4 Å². The van der Waals surface area contributed by atoms with Gasteiger partial charge in [0.15, 0.2) is 0 Å². The van der Waals surface area contributed by atoms with E-state index in [1.165, 1.54) is 31.0 Å². The van der Waals surface area contributed by atoms with Gasteiger partial charge in [0.05, 0.1) is 0 Å². The first kappa shape index (κ1) is 45.3. The Hall–Kier alpha value is -3.78. The van der Waals surface area contributed by atoms with Crippen molar-refractivity contribution >= 4 is 12.2 Å². The molecule has 8 rings (SSSR count). The van der Waals surface area contributed by atoms with E-state index in [0.29, 0.717) is 23.6 Å². The quantitative estimate of drug-likeness (QED) is 0.287. The number of hydrogen-bond acceptors (Lipinski definition) is 8. The van der Waals surface area contributed by atoms with E-state index in [-0.39, 0.29) is 46.3 Å². The van der Waals surface area contributed by atoms with Crippen molar-refractivity contribution < 1.29 is 46.5 Å². The van der Waals surface area contributed by atoms with Gasteiger partial charge in [-0.15, -0.1) is 0 Å². The van der Waals surface area contributed by atoms with Crippen molar-refractivity contribution in [1.29, 1.82) is 0 Å². The van der Waals surface area contributed by atoms with Crippen molar-refractivity contribution in [3.05, 3.63) is 59.2 Å². The molecule has 2 aromatic carbocycles. The Bertz CT molecular complexity index is 1860. The van der Waals surface area contributed by atoms with Gasteiger partial charge in [0.1, 0.15) is 34.3 Å². The van der Waals surface area contributed by atoms with Crippen LogP contribution in [0.5, 0.6) is 11.5 Å². The molecule has 61 heavy (non-hydrogen) atoms. The molecule has 10 nitrogen and oxygen atoms in total. The third-order valence-corrected chi connectivity index (χ3v) is 13.9. The summed E-state index contributed by atoms with van der Waals surface area (Å²) in [5, 5.41) is 10.1. The van der Waals surface area contributed by atoms with Crippen molar-refractivity contribution in [3.63, 3.8) is 0 Å². The maximum Gasteiger partial charge on any atom is 0.410 e. The Balaban J connectivity index is 0.000000185. The third-order valence-electron chi connectivity index (χ3n) is 13.9. The number of hydrogen-bond donors (Lipinski definition) is 1. The van der Waals surface area contributed by atoms with Crippen LogP contribution in [0.25, 0.3) is 0 Å². The molecule has 0 aromatic heterocycles. The van der Waals surface area contributed by atoms with E-state index in [1.807, 2.05) is 46.4 Å². The van der Waals surface area contributed by atoms with Gasteiger partial charge >= 0.3 is 18.8 Å². The monoisotopic (exact) mass is 858 g/mol. The largest absolute Gasteiger partial charge is 0.508 e. The van der Waals surface area contributed by atoms with Crippen LogP contribution in [0, 0.1) is 22.5 Å². The summed E-state index contributed by atoms with van der Waals surface area (Å²) in [6, 6.07) is 9.41. The summed E-state index contributed by atoms with van der Waals surface area (Å²) in [7, 11) is 0. The fourth-order valence-electron chi connectivity index (χ4n) is 11.0. The Morgan fingerprint density at radius 3 is 1.48 bits per heavy atom. The number of likely N-dealkylation sites (tertiary alicyclic amines) is 4. The predicted molar refractivity (Wildman–Crippen MR) is 224 cm³/mol. The molecule has 2 saturated carbocycles. The molecule has 2 aromatic rings. The van der Waals surface area contributed by atoms with Crippen molar-refractivity contribution in [1.82, 2.24) is 19.6 Å². The van der Waals surface area contributed by atoms with Crippen LogP contribution in [0.4, 0.5) is 27.2 Å². The van der Waals surface area contributed by atoms with Crippen LogP contribution in [-0.4, -0.2) is 119 Å². The SMILES string of the molecule is CC(C)(C)OC(=O)N1CC2(CC[C@@H](N3CCC(c4ccc(F)cc4O)CC3)C2)C1.CC(C)(C)OC(=O)N1CC2(CC[C@@H](N3CCC(c4ccc(F)cc4OC(F)F)CC3)C2)C1. The van der Waals surface area contributed by atoms with E-state index < -0.39 is 23.6 Å². The summed E-state index contributed by atoms with van der Waals surface area (Å²) in [5.74, 6) is -0.536. The molecule has 338 valence electrons. The highest BCUT2D eigenvalue weighted by Crippen LogP contribution is 2.50. The van der Waals surface area contributed by atoms with Gasteiger partial charge in [-0.25, -0.2) is 18.4 Å². The number of ether oxygens (including phenoxy) is 3. The topological polar surface area (TPSA) is 95.0 Å². The van der Waals surface area contributed by atoms with E-state index in [1.54, 1.807) is 17.0 Å². The lowest BCUT2D eigenvalue weighted by Gasteiger charge is -2.48. The van der Waals surface area contributed by atoms with Gasteiger partial charge in [-0.05, 0) is 167 Å². The minimum Gasteiger partial charge on any atom is -0.508 e. The number of rotatable bonds is 6. The summed E-state index contributed by atoms with van der Waals surface area (Å²) in [6.45, 7) is 15.3. The third kappa shape index (κ3) is 11.1. The van der Waals surface area contributed by atoms with E-state index in [9.17, 15) is 32.3 Å². The Labute approximate surface area is 358 Å². The smallest absolute Gasteiger partial charge is 0.410 e. The summed E-state index contributed by atoms with van der Waals surface area (Å²) >= 11 is 0.